The van der Waals surface area contributed by atoms with Gasteiger partial charge < -0.3 is 11.1 Å². The van der Waals surface area contributed by atoms with Crippen molar-refractivity contribution >= 4 is 44.9 Å². The molecular formula is C18H16N4OS. The fourth-order valence-electron chi connectivity index (χ4n) is 2.93. The molecule has 0 fully saturated rings. The highest BCUT2D eigenvalue weighted by atomic mass is 32.1. The summed E-state index contributed by atoms with van der Waals surface area (Å²) in [7, 11) is 0. The molecule has 0 saturated heterocycles. The van der Waals surface area contributed by atoms with Crippen LogP contribution in [0.5, 0.6) is 0 Å². The second kappa shape index (κ2) is 5.42. The molecule has 0 unspecified atom stereocenters. The second-order valence-corrected chi connectivity index (χ2v) is 6.91. The minimum absolute atomic E-state index is 0.210. The molecule has 0 spiro atoms. The largest absolute Gasteiger partial charge is 0.397 e. The minimum atomic E-state index is -0.210. The van der Waals surface area contributed by atoms with Crippen LogP contribution in [-0.2, 0) is 6.42 Å². The maximum absolute atomic E-state index is 12.7. The monoisotopic (exact) mass is 336 g/mol. The molecule has 0 radical (unpaired) electrons. The number of carbonyl (C=O) groups is 1. The maximum atomic E-state index is 12.7. The number of rotatable bonds is 2. The Bertz CT molecular complexity index is 1020. The number of aryl methyl sites for hydroxylation is 2. The molecule has 2 aromatic heterocycles. The van der Waals surface area contributed by atoms with Gasteiger partial charge in [0.2, 0.25) is 0 Å². The Morgan fingerprint density at radius 2 is 2.12 bits per heavy atom. The van der Waals surface area contributed by atoms with Crippen LogP contribution in [0.2, 0.25) is 0 Å². The Hall–Kier alpha value is -2.73. The predicted molar refractivity (Wildman–Crippen MR) is 98.4 cm³/mol. The Morgan fingerprint density at radius 1 is 1.29 bits per heavy atom. The lowest BCUT2D eigenvalue weighted by Gasteiger charge is -2.07. The normalized spacial score (nSPS) is 12.6. The van der Waals surface area contributed by atoms with Crippen LogP contribution in [0.3, 0.4) is 0 Å². The van der Waals surface area contributed by atoms with Crippen LogP contribution >= 0.6 is 11.3 Å². The number of thiophene rings is 1. The van der Waals surface area contributed by atoms with Gasteiger partial charge in [0.25, 0.3) is 5.91 Å². The van der Waals surface area contributed by atoms with E-state index < -0.39 is 0 Å². The van der Waals surface area contributed by atoms with Crippen molar-refractivity contribution in [3.63, 3.8) is 0 Å². The van der Waals surface area contributed by atoms with Crippen molar-refractivity contribution in [3.8, 4) is 0 Å². The molecule has 24 heavy (non-hydrogen) atoms. The van der Waals surface area contributed by atoms with Gasteiger partial charge in [0, 0.05) is 11.1 Å². The van der Waals surface area contributed by atoms with Gasteiger partial charge in [-0.3, -0.25) is 4.79 Å². The summed E-state index contributed by atoms with van der Waals surface area (Å²) >= 11 is 1.28. The molecule has 1 aliphatic carbocycles. The Morgan fingerprint density at radius 3 is 2.96 bits per heavy atom. The van der Waals surface area contributed by atoms with E-state index in [1.54, 1.807) is 0 Å². The summed E-state index contributed by atoms with van der Waals surface area (Å²) < 4.78 is 0. The lowest BCUT2D eigenvalue weighted by molar-refractivity contribution is 0.103. The van der Waals surface area contributed by atoms with Crippen molar-refractivity contribution in [1.82, 2.24) is 10.2 Å². The molecule has 1 aromatic carbocycles. The number of nitrogens with two attached hydrogens (primary N) is 1. The van der Waals surface area contributed by atoms with Crippen LogP contribution in [0.1, 0.15) is 32.1 Å². The molecule has 1 aliphatic rings. The van der Waals surface area contributed by atoms with Gasteiger partial charge >= 0.3 is 0 Å². The number of hydrogen-bond donors (Lipinski definition) is 2. The molecule has 4 rings (SSSR count). The molecule has 3 N–H and O–H groups in total. The fraction of sp³-hybridized carbons (Fsp3) is 0.167. The minimum Gasteiger partial charge on any atom is -0.397 e. The lowest BCUT2D eigenvalue weighted by atomic mass is 10.1. The van der Waals surface area contributed by atoms with Crippen LogP contribution in [0, 0.1) is 13.8 Å². The highest BCUT2D eigenvalue weighted by Gasteiger charge is 2.20. The molecule has 0 aliphatic heterocycles. The quantitative estimate of drug-likeness (QED) is 0.747. The number of carbonyl (C=O) groups excluding carboxylic acids is 1. The summed E-state index contributed by atoms with van der Waals surface area (Å²) in [6.07, 6.45) is 5.11. The van der Waals surface area contributed by atoms with E-state index in [0.717, 1.165) is 28.8 Å². The van der Waals surface area contributed by atoms with Crippen LogP contribution in [0.15, 0.2) is 24.3 Å². The first-order valence-electron chi connectivity index (χ1n) is 7.67. The zero-order chi connectivity index (χ0) is 16.8. The van der Waals surface area contributed by atoms with E-state index in [1.165, 1.54) is 22.5 Å². The van der Waals surface area contributed by atoms with Gasteiger partial charge in [0.15, 0.2) is 0 Å². The van der Waals surface area contributed by atoms with Crippen LogP contribution in [0.4, 0.5) is 11.4 Å². The number of benzene rings is 1. The average molecular weight is 336 g/mol. The number of fused-ring (bicyclic) bond motifs is 2. The van der Waals surface area contributed by atoms with E-state index in [2.05, 4.69) is 27.7 Å². The zero-order valence-corrected chi connectivity index (χ0v) is 14.2. The van der Waals surface area contributed by atoms with Crippen LogP contribution < -0.4 is 11.1 Å². The summed E-state index contributed by atoms with van der Waals surface area (Å²) in [6, 6.07) is 5.93. The maximum Gasteiger partial charge on any atom is 0.267 e. The summed E-state index contributed by atoms with van der Waals surface area (Å²) in [5, 5.41) is 12.0. The third-order valence-corrected chi connectivity index (χ3v) is 5.47. The highest BCUT2D eigenvalue weighted by molar-refractivity contribution is 7.21. The Balaban J connectivity index is 1.69. The molecule has 0 atom stereocenters. The van der Waals surface area contributed by atoms with E-state index in [4.69, 9.17) is 5.73 Å². The van der Waals surface area contributed by atoms with Gasteiger partial charge in [0.1, 0.15) is 9.71 Å². The number of allylic oxidation sites excluding steroid dienone is 1. The first kappa shape index (κ1) is 14.8. The predicted octanol–water partition coefficient (Wildman–Crippen LogP) is 3.71. The Kier molecular flexibility index (Phi) is 3.35. The summed E-state index contributed by atoms with van der Waals surface area (Å²) in [6.45, 7) is 3.84. The number of nitrogens with zero attached hydrogens (tertiary/aromatic N) is 2. The van der Waals surface area contributed by atoms with E-state index in [0.29, 0.717) is 15.4 Å². The standard InChI is InChI=1S/C18H16N4OS/c1-9-10(2)21-22-18-14(9)15(19)16(24-18)17(23)20-13-7-6-11-4-3-5-12(11)8-13/h3-4,6-8H,5,19H2,1-2H3,(H,20,23). The fourth-order valence-corrected chi connectivity index (χ4v) is 3.93. The van der Waals surface area contributed by atoms with Crippen molar-refractivity contribution in [2.75, 3.05) is 11.1 Å². The summed E-state index contributed by atoms with van der Waals surface area (Å²) in [5.41, 5.74) is 11.7. The van der Waals surface area contributed by atoms with Crippen LogP contribution in [0.25, 0.3) is 16.3 Å². The number of anilines is 2. The molecule has 2 heterocycles. The molecule has 1 amide bonds. The van der Waals surface area contributed by atoms with Crippen molar-refractivity contribution in [2.24, 2.45) is 0 Å². The van der Waals surface area contributed by atoms with Crippen molar-refractivity contribution in [3.05, 3.63) is 51.5 Å². The molecular weight excluding hydrogens is 320 g/mol. The average Bonchev–Trinajstić information content (AvgIpc) is 3.15. The van der Waals surface area contributed by atoms with Crippen LogP contribution in [-0.4, -0.2) is 16.1 Å². The van der Waals surface area contributed by atoms with Gasteiger partial charge in [0.05, 0.1) is 11.4 Å². The third-order valence-electron chi connectivity index (χ3n) is 4.38. The van der Waals surface area contributed by atoms with E-state index in [1.807, 2.05) is 32.0 Å². The number of aromatic nitrogens is 2. The molecule has 0 bridgehead atoms. The van der Waals surface area contributed by atoms with Gasteiger partial charge in [-0.15, -0.1) is 16.4 Å². The van der Waals surface area contributed by atoms with Crippen molar-refractivity contribution < 1.29 is 4.79 Å². The number of amides is 1. The first-order chi connectivity index (χ1) is 11.5. The summed E-state index contributed by atoms with van der Waals surface area (Å²) in [4.78, 5) is 13.8. The third kappa shape index (κ3) is 2.27. The molecule has 6 heteroatoms. The number of nitrogen functional groups attached to an aromatic ring is 1. The first-order valence-corrected chi connectivity index (χ1v) is 8.49. The molecule has 5 nitrogen and oxygen atoms in total. The van der Waals surface area contributed by atoms with E-state index in [-0.39, 0.29) is 5.91 Å². The van der Waals surface area contributed by atoms with Crippen molar-refractivity contribution in [2.45, 2.75) is 20.3 Å². The van der Waals surface area contributed by atoms with Gasteiger partial charge in [-0.05, 0) is 49.1 Å². The molecule has 3 aromatic rings. The summed E-state index contributed by atoms with van der Waals surface area (Å²) in [5.74, 6) is -0.210. The molecule has 0 saturated carbocycles. The SMILES string of the molecule is Cc1nnc2sc(C(=O)Nc3ccc4c(c3)CC=C4)c(N)c2c1C. The number of nitrogens with one attached hydrogen (secondary N) is 1. The second-order valence-electron chi connectivity index (χ2n) is 5.91. The van der Waals surface area contributed by atoms with Crippen molar-refractivity contribution in [1.29, 1.82) is 0 Å². The van der Waals surface area contributed by atoms with Gasteiger partial charge in [-0.1, -0.05) is 18.2 Å². The highest BCUT2D eigenvalue weighted by Crippen LogP contribution is 2.35. The van der Waals surface area contributed by atoms with Gasteiger partial charge in [-0.25, -0.2) is 0 Å². The topological polar surface area (TPSA) is 80.9 Å². The van der Waals surface area contributed by atoms with Gasteiger partial charge in [-0.2, -0.15) is 5.10 Å². The Labute approximate surface area is 143 Å². The number of hydrogen-bond acceptors (Lipinski definition) is 5. The lowest BCUT2D eigenvalue weighted by Crippen LogP contribution is -2.12. The zero-order valence-electron chi connectivity index (χ0n) is 13.4. The smallest absolute Gasteiger partial charge is 0.267 e. The van der Waals surface area contributed by atoms with E-state index >= 15 is 0 Å². The van der Waals surface area contributed by atoms with E-state index in [9.17, 15) is 4.79 Å². The molecule has 120 valence electrons.